The van der Waals surface area contributed by atoms with Crippen molar-refractivity contribution in [3.63, 3.8) is 0 Å². The van der Waals surface area contributed by atoms with E-state index in [0.717, 1.165) is 0 Å². The second-order valence-corrected chi connectivity index (χ2v) is 4.45. The van der Waals surface area contributed by atoms with Crippen molar-refractivity contribution in [1.29, 1.82) is 0 Å². The van der Waals surface area contributed by atoms with Gasteiger partial charge in [0.05, 0.1) is 12.5 Å². The van der Waals surface area contributed by atoms with Crippen LogP contribution >= 0.6 is 0 Å². The van der Waals surface area contributed by atoms with Gasteiger partial charge in [-0.05, 0) is 6.07 Å². The molecule has 1 heterocycles. The molecule has 0 bridgehead atoms. The molecule has 5 heteroatoms. The molecule has 18 heavy (non-hydrogen) atoms. The van der Waals surface area contributed by atoms with Crippen LogP contribution in [0.5, 0.6) is 5.75 Å². The number of hydrogen-bond donors (Lipinski definition) is 2. The average Bonchev–Trinajstić information content (AvgIpc) is 2.73. The van der Waals surface area contributed by atoms with Crippen molar-refractivity contribution in [3.05, 3.63) is 29.8 Å². The second-order valence-electron chi connectivity index (χ2n) is 4.45. The first-order valence-electron chi connectivity index (χ1n) is 5.87. The first kappa shape index (κ1) is 12.9. The molecular weight excluding hydrogens is 234 g/mol. The van der Waals surface area contributed by atoms with E-state index < -0.39 is 6.10 Å². The monoisotopic (exact) mass is 251 g/mol. The van der Waals surface area contributed by atoms with E-state index in [4.69, 9.17) is 4.74 Å². The molecule has 5 nitrogen and oxygen atoms in total. The number of rotatable bonds is 3. The summed E-state index contributed by atoms with van der Waals surface area (Å²) >= 11 is 0. The number of aromatic hydroxyl groups is 1. The molecular formula is C13H17NO4. The zero-order chi connectivity index (χ0) is 13.1. The van der Waals surface area contributed by atoms with Gasteiger partial charge in [0.15, 0.2) is 0 Å². The van der Waals surface area contributed by atoms with Gasteiger partial charge < -0.3 is 19.8 Å². The summed E-state index contributed by atoms with van der Waals surface area (Å²) in [4.78, 5) is 13.6. The first-order valence-corrected chi connectivity index (χ1v) is 5.87. The molecule has 98 valence electrons. The number of aliphatic hydroxyl groups excluding tert-OH is 1. The van der Waals surface area contributed by atoms with Gasteiger partial charge in [-0.2, -0.15) is 0 Å². The summed E-state index contributed by atoms with van der Waals surface area (Å²) in [5.41, 5.74) is 0.595. The number of ether oxygens (including phenoxy) is 1. The van der Waals surface area contributed by atoms with E-state index in [-0.39, 0.29) is 30.7 Å². The smallest absolute Gasteiger partial charge is 0.227 e. The molecule has 1 aliphatic heterocycles. The van der Waals surface area contributed by atoms with Crippen LogP contribution < -0.4 is 0 Å². The van der Waals surface area contributed by atoms with E-state index in [1.807, 2.05) is 0 Å². The third-order valence-corrected chi connectivity index (χ3v) is 3.23. The third kappa shape index (κ3) is 2.63. The molecule has 0 radical (unpaired) electrons. The van der Waals surface area contributed by atoms with Gasteiger partial charge in [-0.25, -0.2) is 0 Å². The van der Waals surface area contributed by atoms with Crippen LogP contribution in [-0.4, -0.2) is 53.4 Å². The fourth-order valence-corrected chi connectivity index (χ4v) is 2.13. The number of phenolic OH excluding ortho intramolecular Hbond substituents is 1. The number of benzene rings is 1. The molecule has 0 aromatic heterocycles. The van der Waals surface area contributed by atoms with E-state index >= 15 is 0 Å². The minimum absolute atomic E-state index is 0.116. The normalized spacial score (nSPS) is 23.3. The first-order chi connectivity index (χ1) is 8.61. The quantitative estimate of drug-likeness (QED) is 0.802. The number of nitrogens with zero attached hydrogens (tertiary/aromatic N) is 1. The van der Waals surface area contributed by atoms with Gasteiger partial charge in [-0.3, -0.25) is 4.79 Å². The molecule has 0 spiro atoms. The minimum atomic E-state index is -0.636. The van der Waals surface area contributed by atoms with Crippen LogP contribution in [0.1, 0.15) is 5.56 Å². The summed E-state index contributed by atoms with van der Waals surface area (Å²) < 4.78 is 5.08. The van der Waals surface area contributed by atoms with E-state index in [0.29, 0.717) is 12.1 Å². The maximum atomic E-state index is 12.0. The van der Waals surface area contributed by atoms with Crippen LogP contribution in [0.4, 0.5) is 0 Å². The molecule has 1 saturated heterocycles. The zero-order valence-corrected chi connectivity index (χ0v) is 10.2. The lowest BCUT2D eigenvalue weighted by molar-refractivity contribution is -0.130. The number of β-amino-alcohol motifs (C(OH)–C–C–N with tert-alkyl or cyclic N) is 1. The number of phenols is 1. The van der Waals surface area contributed by atoms with Gasteiger partial charge in [0, 0.05) is 25.8 Å². The summed E-state index contributed by atoms with van der Waals surface area (Å²) in [6, 6.07) is 6.76. The number of methoxy groups -OCH3 is 1. The van der Waals surface area contributed by atoms with Crippen LogP contribution in [0, 0.1) is 0 Å². The van der Waals surface area contributed by atoms with E-state index in [1.165, 1.54) is 7.11 Å². The average molecular weight is 251 g/mol. The Balaban J connectivity index is 1.99. The maximum Gasteiger partial charge on any atom is 0.227 e. The Morgan fingerprint density at radius 2 is 2.17 bits per heavy atom. The Bertz CT molecular complexity index is 435. The Morgan fingerprint density at radius 1 is 1.44 bits per heavy atom. The van der Waals surface area contributed by atoms with Gasteiger partial charge in [-0.15, -0.1) is 0 Å². The summed E-state index contributed by atoms with van der Waals surface area (Å²) in [5, 5.41) is 19.3. The SMILES string of the molecule is CO[C@@H]1CN(C(=O)Cc2ccccc2O)C[C@H]1O. The second kappa shape index (κ2) is 5.37. The van der Waals surface area contributed by atoms with Crippen LogP contribution in [0.15, 0.2) is 24.3 Å². The van der Waals surface area contributed by atoms with Crippen molar-refractivity contribution < 1.29 is 19.7 Å². The van der Waals surface area contributed by atoms with Crippen molar-refractivity contribution in [2.45, 2.75) is 18.6 Å². The third-order valence-electron chi connectivity index (χ3n) is 3.23. The molecule has 1 amide bonds. The standard InChI is InChI=1S/C13H17NO4/c1-18-12-8-14(7-11(12)16)13(17)6-9-4-2-3-5-10(9)15/h2-5,11-12,15-16H,6-8H2,1H3/t11-,12-/m1/s1. The summed E-state index contributed by atoms with van der Waals surface area (Å²) in [7, 11) is 1.52. The Kier molecular flexibility index (Phi) is 3.84. The highest BCUT2D eigenvalue weighted by atomic mass is 16.5. The summed E-state index contributed by atoms with van der Waals surface area (Å²) in [6.45, 7) is 0.676. The fourth-order valence-electron chi connectivity index (χ4n) is 2.13. The number of hydrogen-bond acceptors (Lipinski definition) is 4. The number of carbonyl (C=O) groups excluding carboxylic acids is 1. The summed E-state index contributed by atoms with van der Waals surface area (Å²) in [5.74, 6) is 0.00369. The van der Waals surface area contributed by atoms with Crippen molar-refractivity contribution in [3.8, 4) is 5.75 Å². The highest BCUT2D eigenvalue weighted by Gasteiger charge is 2.33. The van der Waals surface area contributed by atoms with Crippen LogP contribution in [0.25, 0.3) is 0 Å². The molecule has 0 saturated carbocycles. The molecule has 0 unspecified atom stereocenters. The molecule has 1 aromatic rings. The van der Waals surface area contributed by atoms with Crippen LogP contribution in [-0.2, 0) is 16.0 Å². The van der Waals surface area contributed by atoms with Crippen molar-refractivity contribution in [2.75, 3.05) is 20.2 Å². The lowest BCUT2D eigenvalue weighted by Crippen LogP contribution is -2.31. The molecule has 2 atom stereocenters. The predicted octanol–water partition coefficient (Wildman–Crippen LogP) is 0.153. The van der Waals surface area contributed by atoms with Crippen molar-refractivity contribution in [1.82, 2.24) is 4.90 Å². The predicted molar refractivity (Wildman–Crippen MR) is 65.2 cm³/mol. The Labute approximate surface area is 106 Å². The number of carbonyl (C=O) groups is 1. The number of amides is 1. The number of aliphatic hydroxyl groups is 1. The van der Waals surface area contributed by atoms with Gasteiger partial charge in [0.25, 0.3) is 0 Å². The van der Waals surface area contributed by atoms with Gasteiger partial charge in [-0.1, -0.05) is 18.2 Å². The van der Waals surface area contributed by atoms with Crippen molar-refractivity contribution >= 4 is 5.91 Å². The molecule has 2 N–H and O–H groups in total. The van der Waals surface area contributed by atoms with Gasteiger partial charge >= 0.3 is 0 Å². The molecule has 2 rings (SSSR count). The van der Waals surface area contributed by atoms with Gasteiger partial charge in [0.1, 0.15) is 11.9 Å². The molecule has 1 aromatic carbocycles. The van der Waals surface area contributed by atoms with E-state index in [9.17, 15) is 15.0 Å². The Hall–Kier alpha value is -1.59. The van der Waals surface area contributed by atoms with E-state index in [2.05, 4.69) is 0 Å². The lowest BCUT2D eigenvalue weighted by atomic mass is 10.1. The lowest BCUT2D eigenvalue weighted by Gasteiger charge is -2.16. The minimum Gasteiger partial charge on any atom is -0.508 e. The van der Waals surface area contributed by atoms with Gasteiger partial charge in [0.2, 0.25) is 5.91 Å². The van der Waals surface area contributed by atoms with Crippen molar-refractivity contribution in [2.24, 2.45) is 0 Å². The number of likely N-dealkylation sites (tertiary alicyclic amines) is 1. The maximum absolute atomic E-state index is 12.0. The highest BCUT2D eigenvalue weighted by molar-refractivity contribution is 5.79. The number of para-hydroxylation sites is 1. The zero-order valence-electron chi connectivity index (χ0n) is 10.2. The molecule has 0 aliphatic carbocycles. The largest absolute Gasteiger partial charge is 0.508 e. The highest BCUT2D eigenvalue weighted by Crippen LogP contribution is 2.19. The fraction of sp³-hybridized carbons (Fsp3) is 0.462. The topological polar surface area (TPSA) is 70.0 Å². The van der Waals surface area contributed by atoms with Crippen LogP contribution in [0.2, 0.25) is 0 Å². The van der Waals surface area contributed by atoms with E-state index in [1.54, 1.807) is 29.2 Å². The van der Waals surface area contributed by atoms with Crippen LogP contribution in [0.3, 0.4) is 0 Å². The molecule has 1 fully saturated rings. The molecule has 1 aliphatic rings. The Morgan fingerprint density at radius 3 is 2.78 bits per heavy atom. The summed E-state index contributed by atoms with van der Waals surface area (Å²) in [6.07, 6.45) is -0.822.